The van der Waals surface area contributed by atoms with Crippen molar-refractivity contribution in [1.29, 1.82) is 0 Å². The van der Waals surface area contributed by atoms with Gasteiger partial charge in [0, 0.05) is 12.5 Å². The molecule has 0 spiro atoms. The van der Waals surface area contributed by atoms with Gasteiger partial charge in [0.05, 0.1) is 5.75 Å². The lowest BCUT2D eigenvalue weighted by atomic mass is 10.2. The summed E-state index contributed by atoms with van der Waals surface area (Å²) in [7, 11) is 0. The number of hydrogen-bond acceptors (Lipinski definition) is 4. The van der Waals surface area contributed by atoms with Crippen LogP contribution in [0.4, 0.5) is 0 Å². The summed E-state index contributed by atoms with van der Waals surface area (Å²) in [5.74, 6) is -0.924. The molecular formula is C11H11NO3S. The molecular weight excluding hydrogens is 226 g/mol. The maximum Gasteiger partial charge on any atom is 0.237 e. The van der Waals surface area contributed by atoms with E-state index in [1.165, 1.54) is 6.92 Å². The van der Waals surface area contributed by atoms with Crippen LogP contribution in [0.5, 0.6) is 0 Å². The van der Waals surface area contributed by atoms with E-state index in [0.29, 0.717) is 5.56 Å². The quantitative estimate of drug-likeness (QED) is 0.858. The van der Waals surface area contributed by atoms with Gasteiger partial charge in [0.2, 0.25) is 16.9 Å². The summed E-state index contributed by atoms with van der Waals surface area (Å²) in [5, 5.41) is 1.92. The van der Waals surface area contributed by atoms with Gasteiger partial charge in [-0.05, 0) is 0 Å². The molecule has 16 heavy (non-hydrogen) atoms. The Kier molecular flexibility index (Phi) is 4.72. The van der Waals surface area contributed by atoms with Crippen molar-refractivity contribution in [2.75, 3.05) is 5.75 Å². The van der Waals surface area contributed by atoms with Crippen molar-refractivity contribution < 1.29 is 14.4 Å². The van der Waals surface area contributed by atoms with Gasteiger partial charge in [0.15, 0.2) is 0 Å². The monoisotopic (exact) mass is 237 g/mol. The average molecular weight is 237 g/mol. The number of imide groups is 1. The number of nitrogens with one attached hydrogen (secondary N) is 1. The fourth-order valence-electron chi connectivity index (χ4n) is 1.02. The van der Waals surface area contributed by atoms with Gasteiger partial charge < -0.3 is 0 Å². The fourth-order valence-corrected chi connectivity index (χ4v) is 1.66. The van der Waals surface area contributed by atoms with Gasteiger partial charge in [-0.1, -0.05) is 42.1 Å². The van der Waals surface area contributed by atoms with Crippen LogP contribution >= 0.6 is 11.8 Å². The zero-order valence-corrected chi connectivity index (χ0v) is 9.54. The van der Waals surface area contributed by atoms with Crippen LogP contribution < -0.4 is 5.32 Å². The van der Waals surface area contributed by atoms with Crippen molar-refractivity contribution >= 4 is 28.7 Å². The van der Waals surface area contributed by atoms with Crippen LogP contribution in [-0.4, -0.2) is 22.7 Å². The van der Waals surface area contributed by atoms with Gasteiger partial charge in [-0.25, -0.2) is 0 Å². The Labute approximate surface area is 97.4 Å². The molecule has 0 radical (unpaired) electrons. The molecule has 1 N–H and O–H groups in total. The summed E-state index contributed by atoms with van der Waals surface area (Å²) in [6.07, 6.45) is 0. The molecule has 0 aliphatic rings. The molecule has 0 aromatic heterocycles. The van der Waals surface area contributed by atoms with E-state index in [1.807, 2.05) is 6.07 Å². The Bertz CT molecular complexity index is 403. The van der Waals surface area contributed by atoms with Crippen molar-refractivity contribution in [2.24, 2.45) is 0 Å². The third kappa shape index (κ3) is 4.27. The summed E-state index contributed by atoms with van der Waals surface area (Å²) in [6, 6.07) is 8.67. The molecule has 0 saturated heterocycles. The molecule has 4 nitrogen and oxygen atoms in total. The normalized spacial score (nSPS) is 9.56. The zero-order chi connectivity index (χ0) is 12.0. The number of thioether (sulfide) groups is 1. The highest BCUT2D eigenvalue weighted by Gasteiger charge is 2.10. The molecule has 0 unspecified atom stereocenters. The van der Waals surface area contributed by atoms with Gasteiger partial charge >= 0.3 is 0 Å². The molecule has 0 aliphatic heterocycles. The summed E-state index contributed by atoms with van der Waals surface area (Å²) < 4.78 is 0. The van der Waals surface area contributed by atoms with E-state index in [2.05, 4.69) is 5.32 Å². The summed E-state index contributed by atoms with van der Waals surface area (Å²) in [5.41, 5.74) is 0.545. The maximum atomic E-state index is 11.5. The Morgan fingerprint density at radius 3 is 2.38 bits per heavy atom. The van der Waals surface area contributed by atoms with Gasteiger partial charge in [0.1, 0.15) is 0 Å². The highest BCUT2D eigenvalue weighted by atomic mass is 32.2. The molecule has 0 atom stereocenters. The summed E-state index contributed by atoms with van der Waals surface area (Å²) in [4.78, 5) is 33.2. The van der Waals surface area contributed by atoms with Crippen LogP contribution in [-0.2, 0) is 9.59 Å². The highest BCUT2D eigenvalue weighted by molar-refractivity contribution is 8.14. The first-order valence-electron chi connectivity index (χ1n) is 4.62. The number of hydrogen-bond donors (Lipinski definition) is 1. The van der Waals surface area contributed by atoms with E-state index in [9.17, 15) is 14.4 Å². The standard InChI is InChI=1S/C11H11NO3S/c1-8(13)12-10(14)7-16-11(15)9-5-3-2-4-6-9/h2-6H,7H2,1H3,(H,12,13,14). The van der Waals surface area contributed by atoms with Crippen molar-refractivity contribution in [3.63, 3.8) is 0 Å². The lowest BCUT2D eigenvalue weighted by Crippen LogP contribution is -2.29. The third-order valence-corrected chi connectivity index (χ3v) is 2.56. The molecule has 1 rings (SSSR count). The first-order valence-corrected chi connectivity index (χ1v) is 5.61. The van der Waals surface area contributed by atoms with E-state index in [-0.39, 0.29) is 10.9 Å². The molecule has 1 aromatic carbocycles. The second-order valence-corrected chi connectivity index (χ2v) is 3.99. The van der Waals surface area contributed by atoms with E-state index in [1.54, 1.807) is 24.3 Å². The van der Waals surface area contributed by atoms with Gasteiger partial charge in [-0.15, -0.1) is 0 Å². The first kappa shape index (κ1) is 12.4. The SMILES string of the molecule is CC(=O)NC(=O)CSC(=O)c1ccccc1. The molecule has 1 aromatic rings. The highest BCUT2D eigenvalue weighted by Crippen LogP contribution is 2.11. The zero-order valence-electron chi connectivity index (χ0n) is 8.73. The van der Waals surface area contributed by atoms with E-state index in [4.69, 9.17) is 0 Å². The molecule has 2 amide bonds. The predicted octanol–water partition coefficient (Wildman–Crippen LogP) is 1.22. The number of carbonyl (C=O) groups excluding carboxylic acids is 3. The molecule has 0 fully saturated rings. The van der Waals surface area contributed by atoms with Crippen LogP contribution in [0.2, 0.25) is 0 Å². The second-order valence-electron chi connectivity index (χ2n) is 3.05. The first-order chi connectivity index (χ1) is 7.59. The number of carbonyl (C=O) groups is 3. The van der Waals surface area contributed by atoms with E-state index >= 15 is 0 Å². The van der Waals surface area contributed by atoms with Crippen LogP contribution in [0.3, 0.4) is 0 Å². The number of rotatable bonds is 3. The number of amides is 2. The largest absolute Gasteiger partial charge is 0.296 e. The molecule has 0 bridgehead atoms. The van der Waals surface area contributed by atoms with Crippen molar-refractivity contribution in [2.45, 2.75) is 6.92 Å². The van der Waals surface area contributed by atoms with Crippen molar-refractivity contribution in [3.05, 3.63) is 35.9 Å². The molecule has 0 heterocycles. The van der Waals surface area contributed by atoms with E-state index < -0.39 is 11.8 Å². The van der Waals surface area contributed by atoms with Gasteiger partial charge in [-0.2, -0.15) is 0 Å². The summed E-state index contributed by atoms with van der Waals surface area (Å²) in [6.45, 7) is 1.25. The lowest BCUT2D eigenvalue weighted by Gasteiger charge is -2.00. The Morgan fingerprint density at radius 1 is 1.19 bits per heavy atom. The minimum absolute atomic E-state index is 0.0483. The maximum absolute atomic E-state index is 11.5. The Balaban J connectivity index is 2.42. The van der Waals surface area contributed by atoms with Gasteiger partial charge in [-0.3, -0.25) is 19.7 Å². The minimum atomic E-state index is -0.457. The predicted molar refractivity (Wildman–Crippen MR) is 62.1 cm³/mol. The third-order valence-electron chi connectivity index (χ3n) is 1.66. The van der Waals surface area contributed by atoms with Crippen LogP contribution in [0.15, 0.2) is 30.3 Å². The van der Waals surface area contributed by atoms with Gasteiger partial charge in [0.25, 0.3) is 0 Å². The second kappa shape index (κ2) is 6.07. The Morgan fingerprint density at radius 2 is 1.81 bits per heavy atom. The van der Waals surface area contributed by atoms with Crippen molar-refractivity contribution in [1.82, 2.24) is 5.32 Å². The van der Waals surface area contributed by atoms with Crippen LogP contribution in [0, 0.1) is 0 Å². The van der Waals surface area contributed by atoms with Crippen LogP contribution in [0.1, 0.15) is 17.3 Å². The van der Waals surface area contributed by atoms with E-state index in [0.717, 1.165) is 11.8 Å². The van der Waals surface area contributed by atoms with Crippen LogP contribution in [0.25, 0.3) is 0 Å². The topological polar surface area (TPSA) is 63.2 Å². The molecule has 0 saturated carbocycles. The molecule has 0 aliphatic carbocycles. The summed E-state index contributed by atoms with van der Waals surface area (Å²) >= 11 is 0.876. The number of benzene rings is 1. The smallest absolute Gasteiger partial charge is 0.237 e. The fraction of sp³-hybridized carbons (Fsp3) is 0.182. The Hall–Kier alpha value is -1.62. The van der Waals surface area contributed by atoms with Crippen molar-refractivity contribution in [3.8, 4) is 0 Å². The minimum Gasteiger partial charge on any atom is -0.296 e. The molecule has 5 heteroatoms. The lowest BCUT2D eigenvalue weighted by molar-refractivity contribution is -0.127. The average Bonchev–Trinajstić information content (AvgIpc) is 2.26. The molecule has 84 valence electrons.